The summed E-state index contributed by atoms with van der Waals surface area (Å²) < 4.78 is 1.96. The van der Waals surface area contributed by atoms with E-state index in [1.54, 1.807) is 6.07 Å². The molecule has 1 heterocycles. The van der Waals surface area contributed by atoms with Crippen LogP contribution in [0.1, 0.15) is 5.56 Å². The number of hydrogen-bond acceptors (Lipinski definition) is 4. The minimum absolute atomic E-state index is 0.0198. The Morgan fingerprint density at radius 3 is 2.55 bits per heavy atom. The average molecular weight is 295 g/mol. The quantitative estimate of drug-likeness (QED) is 0.754. The van der Waals surface area contributed by atoms with Gasteiger partial charge in [-0.1, -0.05) is 42.5 Å². The molecule has 0 atom stereocenters. The van der Waals surface area contributed by atoms with Crippen LogP contribution in [0.25, 0.3) is 10.9 Å². The molecule has 0 radical (unpaired) electrons. The van der Waals surface area contributed by atoms with Gasteiger partial charge in [0.05, 0.1) is 24.1 Å². The third kappa shape index (κ3) is 2.84. The summed E-state index contributed by atoms with van der Waals surface area (Å²) in [6.45, 7) is 0.927. The average Bonchev–Trinajstić information content (AvgIpc) is 2.57. The van der Waals surface area contributed by atoms with E-state index in [1.807, 2.05) is 53.1 Å². The monoisotopic (exact) mass is 295 g/mol. The van der Waals surface area contributed by atoms with E-state index in [0.29, 0.717) is 24.4 Å². The van der Waals surface area contributed by atoms with Gasteiger partial charge in [-0.2, -0.15) is 4.98 Å². The largest absolute Gasteiger partial charge is 0.395 e. The number of anilines is 1. The number of hydrogen-bond donors (Lipinski definition) is 2. The van der Waals surface area contributed by atoms with Crippen LogP contribution >= 0.6 is 0 Å². The van der Waals surface area contributed by atoms with Gasteiger partial charge in [-0.15, -0.1) is 0 Å². The zero-order chi connectivity index (χ0) is 15.4. The van der Waals surface area contributed by atoms with Crippen molar-refractivity contribution in [1.29, 1.82) is 0 Å². The Kier molecular flexibility index (Phi) is 4.16. The number of nitrogens with one attached hydrogen (secondary N) is 1. The van der Waals surface area contributed by atoms with Crippen LogP contribution < -0.4 is 10.9 Å². The molecule has 0 aliphatic carbocycles. The molecule has 5 heteroatoms. The summed E-state index contributed by atoms with van der Waals surface area (Å²) in [5.74, 6) is 0.474. The van der Waals surface area contributed by atoms with Crippen LogP contribution in [0.15, 0.2) is 59.4 Å². The zero-order valence-corrected chi connectivity index (χ0v) is 12.1. The van der Waals surface area contributed by atoms with Gasteiger partial charge in [-0.05, 0) is 17.7 Å². The predicted molar refractivity (Wildman–Crippen MR) is 87.1 cm³/mol. The minimum atomic E-state index is -0.264. The van der Waals surface area contributed by atoms with Gasteiger partial charge >= 0.3 is 0 Å². The number of nitrogens with zero attached hydrogens (tertiary/aromatic N) is 2. The SMILES string of the molecule is O=c1nc(NCCO)n(Cc2ccccc2)c2ccccc12. The van der Waals surface area contributed by atoms with Gasteiger partial charge in [0, 0.05) is 6.54 Å². The van der Waals surface area contributed by atoms with E-state index in [9.17, 15) is 4.79 Å². The minimum Gasteiger partial charge on any atom is -0.395 e. The molecule has 0 saturated carbocycles. The molecule has 0 spiro atoms. The summed E-state index contributed by atoms with van der Waals surface area (Å²) >= 11 is 0. The van der Waals surface area contributed by atoms with Crippen molar-refractivity contribution in [2.75, 3.05) is 18.5 Å². The van der Waals surface area contributed by atoms with Gasteiger partial charge < -0.3 is 15.0 Å². The second-order valence-corrected chi connectivity index (χ2v) is 4.98. The van der Waals surface area contributed by atoms with E-state index in [1.165, 1.54) is 0 Å². The first-order valence-corrected chi connectivity index (χ1v) is 7.18. The van der Waals surface area contributed by atoms with Crippen LogP contribution in [0.4, 0.5) is 5.95 Å². The lowest BCUT2D eigenvalue weighted by molar-refractivity contribution is 0.310. The Morgan fingerprint density at radius 1 is 1.05 bits per heavy atom. The molecule has 2 N–H and O–H groups in total. The fourth-order valence-corrected chi connectivity index (χ4v) is 2.45. The molecular weight excluding hydrogens is 278 g/mol. The molecule has 0 bridgehead atoms. The molecule has 0 aliphatic heterocycles. The number of aliphatic hydroxyl groups is 1. The molecule has 0 amide bonds. The van der Waals surface area contributed by atoms with Crippen molar-refractivity contribution in [3.8, 4) is 0 Å². The zero-order valence-electron chi connectivity index (χ0n) is 12.1. The fraction of sp³-hybridized carbons (Fsp3) is 0.176. The molecule has 0 unspecified atom stereocenters. The van der Waals surface area contributed by atoms with Gasteiger partial charge in [0.15, 0.2) is 0 Å². The first-order chi connectivity index (χ1) is 10.8. The van der Waals surface area contributed by atoms with Crippen LogP contribution in [0.5, 0.6) is 0 Å². The van der Waals surface area contributed by atoms with Crippen LogP contribution in [-0.4, -0.2) is 27.8 Å². The molecule has 3 rings (SSSR count). The number of rotatable bonds is 5. The highest BCUT2D eigenvalue weighted by Gasteiger charge is 2.10. The molecule has 22 heavy (non-hydrogen) atoms. The van der Waals surface area contributed by atoms with E-state index < -0.39 is 0 Å². The summed E-state index contributed by atoms with van der Waals surface area (Å²) in [5.41, 5.74) is 1.68. The first kappa shape index (κ1) is 14.3. The van der Waals surface area contributed by atoms with Gasteiger partial charge in [0.1, 0.15) is 0 Å². The van der Waals surface area contributed by atoms with Crippen molar-refractivity contribution in [3.05, 3.63) is 70.5 Å². The molecular formula is C17H17N3O2. The summed E-state index contributed by atoms with van der Waals surface area (Å²) in [7, 11) is 0. The topological polar surface area (TPSA) is 67.2 Å². The van der Waals surface area contributed by atoms with Crippen molar-refractivity contribution in [3.63, 3.8) is 0 Å². The van der Waals surface area contributed by atoms with Crippen molar-refractivity contribution < 1.29 is 5.11 Å². The third-order valence-electron chi connectivity index (χ3n) is 3.47. The molecule has 0 saturated heterocycles. The van der Waals surface area contributed by atoms with Gasteiger partial charge in [-0.25, -0.2) is 0 Å². The van der Waals surface area contributed by atoms with E-state index in [4.69, 9.17) is 5.11 Å². The maximum Gasteiger partial charge on any atom is 0.282 e. The number of benzene rings is 2. The normalized spacial score (nSPS) is 10.8. The van der Waals surface area contributed by atoms with Crippen LogP contribution in [0, 0.1) is 0 Å². The first-order valence-electron chi connectivity index (χ1n) is 7.18. The van der Waals surface area contributed by atoms with Crippen molar-refractivity contribution in [2.24, 2.45) is 0 Å². The van der Waals surface area contributed by atoms with Crippen molar-refractivity contribution in [2.45, 2.75) is 6.54 Å². The molecule has 3 aromatic rings. The Balaban J connectivity index is 2.15. The number of aliphatic hydroxyl groups excluding tert-OH is 1. The van der Waals surface area contributed by atoms with E-state index in [2.05, 4.69) is 10.3 Å². The molecule has 0 fully saturated rings. The van der Waals surface area contributed by atoms with E-state index >= 15 is 0 Å². The number of aromatic nitrogens is 2. The van der Waals surface area contributed by atoms with E-state index in [-0.39, 0.29) is 12.2 Å². The van der Waals surface area contributed by atoms with Crippen molar-refractivity contribution in [1.82, 2.24) is 9.55 Å². The third-order valence-corrected chi connectivity index (χ3v) is 3.47. The summed E-state index contributed by atoms with van der Waals surface area (Å²) in [4.78, 5) is 16.3. The standard InChI is InChI=1S/C17H17N3O2/c21-11-10-18-17-19-16(22)14-8-4-5-9-15(14)20(17)12-13-6-2-1-3-7-13/h1-9,21H,10-12H2,(H,18,19,22). The lowest BCUT2D eigenvalue weighted by Gasteiger charge is -2.16. The number of para-hydroxylation sites is 1. The molecule has 0 aliphatic rings. The Bertz CT molecular complexity index is 828. The predicted octanol–water partition coefficient (Wildman–Crippen LogP) is 1.85. The Morgan fingerprint density at radius 2 is 1.77 bits per heavy atom. The summed E-state index contributed by atoms with van der Waals surface area (Å²) in [6.07, 6.45) is 0. The molecule has 1 aromatic heterocycles. The Hall–Kier alpha value is -2.66. The van der Waals surface area contributed by atoms with Crippen LogP contribution in [0.2, 0.25) is 0 Å². The van der Waals surface area contributed by atoms with Gasteiger partial charge in [-0.3, -0.25) is 4.79 Å². The van der Waals surface area contributed by atoms with Gasteiger partial charge in [0.25, 0.3) is 5.56 Å². The summed E-state index contributed by atoms with van der Waals surface area (Å²) in [6, 6.07) is 17.4. The number of fused-ring (bicyclic) bond motifs is 1. The maximum absolute atomic E-state index is 12.1. The van der Waals surface area contributed by atoms with Gasteiger partial charge in [0.2, 0.25) is 5.95 Å². The van der Waals surface area contributed by atoms with Crippen LogP contribution in [0.3, 0.4) is 0 Å². The molecule has 5 nitrogen and oxygen atoms in total. The van der Waals surface area contributed by atoms with Crippen molar-refractivity contribution >= 4 is 16.9 Å². The smallest absolute Gasteiger partial charge is 0.282 e. The maximum atomic E-state index is 12.1. The van der Waals surface area contributed by atoms with E-state index in [0.717, 1.165) is 11.1 Å². The Labute approximate surface area is 127 Å². The lowest BCUT2D eigenvalue weighted by Crippen LogP contribution is -2.21. The molecule has 2 aromatic carbocycles. The second-order valence-electron chi connectivity index (χ2n) is 4.98. The fourth-order valence-electron chi connectivity index (χ4n) is 2.45. The van der Waals surface area contributed by atoms with Crippen LogP contribution in [-0.2, 0) is 6.54 Å². The highest BCUT2D eigenvalue weighted by atomic mass is 16.3. The summed E-state index contributed by atoms with van der Waals surface area (Å²) in [5, 5.41) is 12.6. The molecule has 112 valence electrons. The highest BCUT2D eigenvalue weighted by Crippen LogP contribution is 2.16. The highest BCUT2D eigenvalue weighted by molar-refractivity contribution is 5.79. The second kappa shape index (κ2) is 6.41. The lowest BCUT2D eigenvalue weighted by atomic mass is 10.2.